The van der Waals surface area contributed by atoms with Crippen molar-refractivity contribution in [1.29, 1.82) is 0 Å². The van der Waals surface area contributed by atoms with Crippen LogP contribution in [-0.4, -0.2) is 47.9 Å². The van der Waals surface area contributed by atoms with Crippen molar-refractivity contribution in [2.75, 3.05) is 6.61 Å². The maximum Gasteiger partial charge on any atom is 0.338 e. The minimum atomic E-state index is -0.674. The highest BCUT2D eigenvalue weighted by molar-refractivity contribution is 5.95. The van der Waals surface area contributed by atoms with Crippen LogP contribution in [0.1, 0.15) is 114 Å². The van der Waals surface area contributed by atoms with Gasteiger partial charge < -0.3 is 18.9 Å². The monoisotopic (exact) mass is 542 g/mol. The van der Waals surface area contributed by atoms with Crippen LogP contribution in [0.25, 0.3) is 0 Å². The molecule has 2 aliphatic carbocycles. The summed E-state index contributed by atoms with van der Waals surface area (Å²) in [5.74, 6) is 0.999. The van der Waals surface area contributed by atoms with Crippen molar-refractivity contribution in [2.45, 2.75) is 116 Å². The summed E-state index contributed by atoms with van der Waals surface area (Å²) in [4.78, 5) is 37.8. The van der Waals surface area contributed by atoms with Crippen molar-refractivity contribution in [1.82, 2.24) is 0 Å². The number of esters is 3. The van der Waals surface area contributed by atoms with Crippen LogP contribution < -0.4 is 0 Å². The first-order valence-electron chi connectivity index (χ1n) is 14.8. The zero-order chi connectivity index (χ0) is 28.4. The SMILES string of the molecule is CCC(C)(CC1CC2CC1CCC(OC(=O)c1cccc(C(=O)OC(C)(CC)C3CO3)c1)CC2C)OC(C)=O. The maximum atomic E-state index is 13.2. The molecule has 39 heavy (non-hydrogen) atoms. The zero-order valence-electron chi connectivity index (χ0n) is 24.5. The lowest BCUT2D eigenvalue weighted by Gasteiger charge is -2.33. The van der Waals surface area contributed by atoms with Gasteiger partial charge in [0.15, 0.2) is 0 Å². The van der Waals surface area contributed by atoms with Gasteiger partial charge in [-0.15, -0.1) is 0 Å². The molecule has 0 aromatic heterocycles. The summed E-state index contributed by atoms with van der Waals surface area (Å²) >= 11 is 0. The molecule has 2 saturated carbocycles. The molecular weight excluding hydrogens is 496 g/mol. The van der Waals surface area contributed by atoms with E-state index in [0.717, 1.165) is 38.5 Å². The average Bonchev–Trinajstić information content (AvgIpc) is 3.67. The Balaban J connectivity index is 1.38. The number of epoxide rings is 1. The lowest BCUT2D eigenvalue weighted by molar-refractivity contribution is -0.157. The summed E-state index contributed by atoms with van der Waals surface area (Å²) in [7, 11) is 0. The van der Waals surface area contributed by atoms with E-state index in [4.69, 9.17) is 18.9 Å². The Labute approximate surface area is 233 Å². The zero-order valence-corrected chi connectivity index (χ0v) is 24.5. The van der Waals surface area contributed by atoms with E-state index >= 15 is 0 Å². The predicted octanol–water partition coefficient (Wildman–Crippen LogP) is 6.52. The third kappa shape index (κ3) is 7.22. The lowest BCUT2D eigenvalue weighted by atomic mass is 9.80. The molecule has 4 rings (SSSR count). The molecule has 0 amide bonds. The number of carbonyl (C=O) groups is 3. The summed E-state index contributed by atoms with van der Waals surface area (Å²) < 4.78 is 22.9. The lowest BCUT2D eigenvalue weighted by Crippen LogP contribution is -2.37. The summed E-state index contributed by atoms with van der Waals surface area (Å²) in [5.41, 5.74) is -0.407. The molecule has 216 valence electrons. The number of rotatable bonds is 10. The highest BCUT2D eigenvalue weighted by atomic mass is 16.6. The molecule has 0 spiro atoms. The first-order chi connectivity index (χ1) is 18.4. The van der Waals surface area contributed by atoms with Crippen LogP contribution in [0, 0.1) is 23.7 Å². The molecule has 1 heterocycles. The molecule has 1 aromatic carbocycles. The van der Waals surface area contributed by atoms with E-state index in [1.807, 2.05) is 13.8 Å². The van der Waals surface area contributed by atoms with E-state index in [0.29, 0.717) is 47.8 Å². The largest absolute Gasteiger partial charge is 0.460 e. The Morgan fingerprint density at radius 2 is 1.64 bits per heavy atom. The molecular formula is C32H46O7. The van der Waals surface area contributed by atoms with Crippen molar-refractivity contribution in [2.24, 2.45) is 23.7 Å². The summed E-state index contributed by atoms with van der Waals surface area (Å²) in [5, 5.41) is 0. The third-order valence-corrected chi connectivity index (χ3v) is 9.66. The van der Waals surface area contributed by atoms with Gasteiger partial charge in [-0.1, -0.05) is 26.8 Å². The van der Waals surface area contributed by atoms with Gasteiger partial charge in [-0.2, -0.15) is 0 Å². The normalized spacial score (nSPS) is 31.1. The minimum absolute atomic E-state index is 0.0758. The minimum Gasteiger partial charge on any atom is -0.460 e. The third-order valence-electron chi connectivity index (χ3n) is 9.66. The van der Waals surface area contributed by atoms with Gasteiger partial charge in [-0.05, 0) is 107 Å². The molecule has 3 aliphatic rings. The number of carbonyl (C=O) groups excluding carboxylic acids is 3. The van der Waals surface area contributed by atoms with Gasteiger partial charge in [0.1, 0.15) is 23.4 Å². The van der Waals surface area contributed by atoms with Gasteiger partial charge >= 0.3 is 17.9 Å². The van der Waals surface area contributed by atoms with Crippen molar-refractivity contribution in [3.8, 4) is 0 Å². The molecule has 7 heteroatoms. The maximum absolute atomic E-state index is 13.2. The Morgan fingerprint density at radius 3 is 2.26 bits per heavy atom. The highest BCUT2D eigenvalue weighted by Gasteiger charge is 2.46. The van der Waals surface area contributed by atoms with Gasteiger partial charge in [0, 0.05) is 6.92 Å². The van der Waals surface area contributed by atoms with E-state index in [2.05, 4.69) is 20.8 Å². The molecule has 0 N–H and O–H groups in total. The Kier molecular flexibility index (Phi) is 9.09. The van der Waals surface area contributed by atoms with Gasteiger partial charge in [0.25, 0.3) is 0 Å². The topological polar surface area (TPSA) is 91.4 Å². The average molecular weight is 543 g/mol. The number of fused-ring (bicyclic) bond motifs is 2. The van der Waals surface area contributed by atoms with E-state index in [1.165, 1.54) is 13.3 Å². The van der Waals surface area contributed by atoms with Crippen LogP contribution >= 0.6 is 0 Å². The first-order valence-corrected chi connectivity index (χ1v) is 14.8. The Hall–Kier alpha value is -2.41. The van der Waals surface area contributed by atoms with Crippen LogP contribution in [-0.2, 0) is 23.7 Å². The second-order valence-corrected chi connectivity index (χ2v) is 12.6. The van der Waals surface area contributed by atoms with Gasteiger partial charge in [-0.25, -0.2) is 9.59 Å². The Morgan fingerprint density at radius 1 is 0.949 bits per heavy atom. The second-order valence-electron chi connectivity index (χ2n) is 12.6. The molecule has 0 radical (unpaired) electrons. The second kappa shape index (κ2) is 12.0. The molecule has 8 unspecified atom stereocenters. The van der Waals surface area contributed by atoms with Crippen LogP contribution in [0.4, 0.5) is 0 Å². The molecule has 7 nitrogen and oxygen atoms in total. The molecule has 3 fully saturated rings. The summed E-state index contributed by atoms with van der Waals surface area (Å²) in [6.45, 7) is 12.3. The van der Waals surface area contributed by atoms with E-state index in [9.17, 15) is 14.4 Å². The number of hydrogen-bond donors (Lipinski definition) is 0. The molecule has 8 atom stereocenters. The summed E-state index contributed by atoms with van der Waals surface area (Å²) in [6.07, 6.45) is 7.08. The van der Waals surface area contributed by atoms with Crippen LogP contribution in [0.3, 0.4) is 0 Å². The van der Waals surface area contributed by atoms with E-state index in [-0.39, 0.29) is 18.2 Å². The number of hydrogen-bond acceptors (Lipinski definition) is 7. The van der Waals surface area contributed by atoms with Crippen molar-refractivity contribution < 1.29 is 33.3 Å². The standard InChI is InChI=1S/C32H46O7/c1-7-31(5,38-21(4)33)18-26-17-25-15-22(26)12-13-27(14-20(25)3)37-29(34)23-10-9-11-24(16-23)30(35)39-32(6,8-2)28-19-36-28/h9-11,16,20,22,25-28H,7-8,12-15,17-19H2,1-6H3. The van der Waals surface area contributed by atoms with Crippen LogP contribution in [0.5, 0.6) is 0 Å². The van der Waals surface area contributed by atoms with Crippen molar-refractivity contribution in [3.63, 3.8) is 0 Å². The highest BCUT2D eigenvalue weighted by Crippen LogP contribution is 2.49. The van der Waals surface area contributed by atoms with Gasteiger partial charge in [-0.3, -0.25) is 4.79 Å². The fourth-order valence-electron chi connectivity index (χ4n) is 6.75. The number of ether oxygens (including phenoxy) is 4. The first kappa shape index (κ1) is 29.6. The van der Waals surface area contributed by atoms with Gasteiger partial charge in [0.05, 0.1) is 17.7 Å². The van der Waals surface area contributed by atoms with Crippen molar-refractivity contribution in [3.05, 3.63) is 35.4 Å². The molecule has 2 bridgehead atoms. The molecule has 1 aliphatic heterocycles. The fourth-order valence-corrected chi connectivity index (χ4v) is 6.75. The van der Waals surface area contributed by atoms with Crippen molar-refractivity contribution >= 4 is 17.9 Å². The Bertz CT molecular complexity index is 1050. The van der Waals surface area contributed by atoms with Crippen LogP contribution in [0.15, 0.2) is 24.3 Å². The predicted molar refractivity (Wildman–Crippen MR) is 147 cm³/mol. The quantitative estimate of drug-likeness (QED) is 0.189. The molecule has 1 aromatic rings. The summed E-state index contributed by atoms with van der Waals surface area (Å²) in [6, 6.07) is 6.62. The van der Waals surface area contributed by atoms with Crippen LogP contribution in [0.2, 0.25) is 0 Å². The molecule has 1 saturated heterocycles. The van der Waals surface area contributed by atoms with E-state index in [1.54, 1.807) is 24.3 Å². The fraction of sp³-hybridized carbons (Fsp3) is 0.719. The van der Waals surface area contributed by atoms with E-state index < -0.39 is 23.1 Å². The smallest absolute Gasteiger partial charge is 0.338 e. The number of benzene rings is 1. The van der Waals surface area contributed by atoms with Gasteiger partial charge in [0.2, 0.25) is 0 Å².